The third kappa shape index (κ3) is 7.10. The second-order valence-electron chi connectivity index (χ2n) is 13.2. The van der Waals surface area contributed by atoms with Crippen LogP contribution in [0.2, 0.25) is 0 Å². The fraction of sp³-hybridized carbons (Fsp3) is 0.421. The van der Waals surface area contributed by atoms with E-state index in [0.29, 0.717) is 50.2 Å². The lowest BCUT2D eigenvalue weighted by atomic mass is 10.1. The fourth-order valence-electron chi connectivity index (χ4n) is 7.38. The molecule has 2 fully saturated rings. The summed E-state index contributed by atoms with van der Waals surface area (Å²) >= 11 is 0. The minimum absolute atomic E-state index is 0.174. The standard InChI is InChI=1S/C38H42FN7O3/c1-43-19-7-11-29(43)26-48-37-41-34-24-44(35-16-6-12-30-31(35)13-5-15-33(30)39)20-8-14-32(34)36(42-37)45-21-22-46(28(23-45)17-18-40)38(47)49-25-27-9-3-2-4-10-27/h2-6,9-10,12-13,15-16,28-29H,7-8,11,14,17,19-26H2,1H3/t28-,29-/m0/s1. The number of fused-ring (bicyclic) bond motifs is 2. The molecule has 0 N–H and O–H groups in total. The summed E-state index contributed by atoms with van der Waals surface area (Å²) in [7, 11) is 2.12. The maximum Gasteiger partial charge on any atom is 0.410 e. The van der Waals surface area contributed by atoms with Gasteiger partial charge < -0.3 is 29.1 Å². The van der Waals surface area contributed by atoms with E-state index in [2.05, 4.69) is 27.8 Å². The van der Waals surface area contributed by atoms with Gasteiger partial charge in [-0.3, -0.25) is 0 Å². The number of likely N-dealkylation sites (N-methyl/N-ethyl adjacent to an activating group) is 1. The molecule has 2 saturated heterocycles. The largest absolute Gasteiger partial charge is 0.462 e. The summed E-state index contributed by atoms with van der Waals surface area (Å²) in [5.74, 6) is 0.563. The molecule has 3 aromatic carbocycles. The Kier molecular flexibility index (Phi) is 9.75. The van der Waals surface area contributed by atoms with Crippen molar-refractivity contribution in [2.75, 3.05) is 56.2 Å². The van der Waals surface area contributed by atoms with Gasteiger partial charge in [0.05, 0.1) is 30.8 Å². The molecular formula is C38H42FN7O3. The van der Waals surface area contributed by atoms with Crippen molar-refractivity contribution in [3.05, 3.63) is 89.4 Å². The molecule has 3 aliphatic heterocycles. The van der Waals surface area contributed by atoms with Gasteiger partial charge in [-0.15, -0.1) is 0 Å². The molecule has 254 valence electrons. The molecule has 4 heterocycles. The minimum Gasteiger partial charge on any atom is -0.462 e. The predicted octanol–water partition coefficient (Wildman–Crippen LogP) is 5.94. The molecule has 1 amide bonds. The average molecular weight is 664 g/mol. The summed E-state index contributed by atoms with van der Waals surface area (Å²) in [6.45, 7) is 4.38. The van der Waals surface area contributed by atoms with E-state index in [-0.39, 0.29) is 24.9 Å². The topological polar surface area (TPSA) is 98.1 Å². The number of amides is 1. The van der Waals surface area contributed by atoms with E-state index in [1.54, 1.807) is 11.0 Å². The Morgan fingerprint density at radius 1 is 0.939 bits per heavy atom. The van der Waals surface area contributed by atoms with Crippen LogP contribution in [0.3, 0.4) is 0 Å². The van der Waals surface area contributed by atoms with Crippen molar-refractivity contribution in [3.8, 4) is 12.1 Å². The maximum atomic E-state index is 14.8. The number of nitrogens with zero attached hydrogens (tertiary/aromatic N) is 7. The second-order valence-corrected chi connectivity index (χ2v) is 13.2. The van der Waals surface area contributed by atoms with Gasteiger partial charge >= 0.3 is 12.1 Å². The number of aromatic nitrogens is 2. The SMILES string of the molecule is CN1CCC[C@H]1COc1nc2c(c(N3CCN(C(=O)OCc4ccccc4)[C@@H](CC#N)C3)n1)CCCN(c1cccc3c(F)cccc13)C2. The van der Waals surface area contributed by atoms with Crippen molar-refractivity contribution in [3.63, 3.8) is 0 Å². The molecule has 0 spiro atoms. The number of halogens is 1. The zero-order chi connectivity index (χ0) is 33.7. The molecule has 0 saturated carbocycles. The first-order chi connectivity index (χ1) is 24.0. The van der Waals surface area contributed by atoms with Gasteiger partial charge in [-0.2, -0.15) is 15.2 Å². The summed E-state index contributed by atoms with van der Waals surface area (Å²) in [6.07, 6.45) is 3.58. The molecule has 49 heavy (non-hydrogen) atoms. The molecule has 0 bridgehead atoms. The molecule has 0 unspecified atom stereocenters. The van der Waals surface area contributed by atoms with Gasteiger partial charge in [0, 0.05) is 54.2 Å². The number of carbonyl (C=O) groups excluding carboxylic acids is 1. The molecule has 11 heteroatoms. The first-order valence-corrected chi connectivity index (χ1v) is 17.2. The Hall–Kier alpha value is -4.95. The average Bonchev–Trinajstić information content (AvgIpc) is 3.41. The summed E-state index contributed by atoms with van der Waals surface area (Å²) in [6, 6.07) is 23.1. The van der Waals surface area contributed by atoms with Gasteiger partial charge in [0.2, 0.25) is 0 Å². The van der Waals surface area contributed by atoms with Gasteiger partial charge in [-0.25, -0.2) is 9.18 Å². The van der Waals surface area contributed by atoms with Crippen molar-refractivity contribution in [1.82, 2.24) is 19.8 Å². The van der Waals surface area contributed by atoms with Crippen LogP contribution in [0.4, 0.5) is 20.7 Å². The van der Waals surface area contributed by atoms with Gasteiger partial charge in [-0.1, -0.05) is 54.6 Å². The van der Waals surface area contributed by atoms with Gasteiger partial charge in [0.1, 0.15) is 24.8 Å². The van der Waals surface area contributed by atoms with E-state index in [1.165, 1.54) is 6.07 Å². The number of anilines is 2. The Bertz CT molecular complexity index is 1830. The molecule has 3 aliphatic rings. The molecular weight excluding hydrogens is 621 g/mol. The van der Waals surface area contributed by atoms with Crippen LogP contribution in [0.5, 0.6) is 6.01 Å². The molecule has 4 aromatic rings. The lowest BCUT2D eigenvalue weighted by Crippen LogP contribution is -2.55. The van der Waals surface area contributed by atoms with Gasteiger partial charge in [-0.05, 0) is 57.0 Å². The number of ether oxygens (including phenoxy) is 2. The molecule has 0 radical (unpaired) electrons. The van der Waals surface area contributed by atoms with Crippen molar-refractivity contribution >= 4 is 28.4 Å². The highest BCUT2D eigenvalue weighted by Gasteiger charge is 2.34. The quantitative estimate of drug-likeness (QED) is 0.227. The predicted molar refractivity (Wildman–Crippen MR) is 186 cm³/mol. The first-order valence-electron chi connectivity index (χ1n) is 17.2. The summed E-state index contributed by atoms with van der Waals surface area (Å²) in [5, 5.41) is 11.2. The third-order valence-electron chi connectivity index (χ3n) is 10.1. The lowest BCUT2D eigenvalue weighted by Gasteiger charge is -2.41. The lowest BCUT2D eigenvalue weighted by molar-refractivity contribution is 0.0767. The zero-order valence-electron chi connectivity index (χ0n) is 27.9. The van der Waals surface area contributed by atoms with Crippen molar-refractivity contribution in [1.29, 1.82) is 5.26 Å². The molecule has 10 nitrogen and oxygen atoms in total. The minimum atomic E-state index is -0.419. The molecule has 7 rings (SSSR count). The summed E-state index contributed by atoms with van der Waals surface area (Å²) < 4.78 is 26.8. The smallest absolute Gasteiger partial charge is 0.410 e. The van der Waals surface area contributed by atoms with E-state index < -0.39 is 6.09 Å². The zero-order valence-corrected chi connectivity index (χ0v) is 27.9. The van der Waals surface area contributed by atoms with Crippen LogP contribution in [0.1, 0.15) is 42.5 Å². The van der Waals surface area contributed by atoms with Crippen molar-refractivity contribution in [2.45, 2.75) is 57.3 Å². The summed E-state index contributed by atoms with van der Waals surface area (Å²) in [4.78, 5) is 31.7. The highest BCUT2D eigenvalue weighted by molar-refractivity contribution is 5.94. The first kappa shape index (κ1) is 32.6. The van der Waals surface area contributed by atoms with Crippen LogP contribution in [0.15, 0.2) is 66.7 Å². The number of piperazine rings is 1. The Labute approximate surface area is 286 Å². The van der Waals surface area contributed by atoms with E-state index in [1.807, 2.05) is 54.6 Å². The van der Waals surface area contributed by atoms with Gasteiger partial charge in [0.25, 0.3) is 0 Å². The normalized spacial score (nSPS) is 19.7. The monoisotopic (exact) mass is 663 g/mol. The highest BCUT2D eigenvalue weighted by Crippen LogP contribution is 2.35. The Morgan fingerprint density at radius 2 is 1.78 bits per heavy atom. The number of likely N-dealkylation sites (tertiary alicyclic amines) is 1. The second kappa shape index (κ2) is 14.7. The molecule has 0 aliphatic carbocycles. The van der Waals surface area contributed by atoms with Gasteiger partial charge in [0.15, 0.2) is 0 Å². The van der Waals surface area contributed by atoms with Crippen LogP contribution in [-0.4, -0.2) is 84.3 Å². The third-order valence-corrected chi connectivity index (χ3v) is 10.1. The number of nitriles is 1. The van der Waals surface area contributed by atoms with E-state index >= 15 is 0 Å². The molecule has 1 aromatic heterocycles. The van der Waals surface area contributed by atoms with E-state index in [9.17, 15) is 14.4 Å². The van der Waals surface area contributed by atoms with Crippen LogP contribution >= 0.6 is 0 Å². The van der Waals surface area contributed by atoms with E-state index in [0.717, 1.165) is 72.5 Å². The highest BCUT2D eigenvalue weighted by atomic mass is 19.1. The fourth-order valence-corrected chi connectivity index (χ4v) is 7.38. The maximum absolute atomic E-state index is 14.8. The number of rotatable bonds is 8. The van der Waals surface area contributed by atoms with Crippen LogP contribution < -0.4 is 14.5 Å². The van der Waals surface area contributed by atoms with Crippen LogP contribution in [0.25, 0.3) is 10.8 Å². The Morgan fingerprint density at radius 3 is 2.59 bits per heavy atom. The summed E-state index contributed by atoms with van der Waals surface area (Å²) in [5.41, 5.74) is 3.81. The number of hydrogen-bond acceptors (Lipinski definition) is 9. The van der Waals surface area contributed by atoms with E-state index in [4.69, 9.17) is 19.4 Å². The number of benzene rings is 3. The van der Waals surface area contributed by atoms with Crippen LogP contribution in [0, 0.1) is 17.1 Å². The Balaban J connectivity index is 1.17. The number of hydrogen-bond donors (Lipinski definition) is 0. The number of carbonyl (C=O) groups is 1. The molecule has 2 atom stereocenters. The van der Waals surface area contributed by atoms with Crippen molar-refractivity contribution in [2.24, 2.45) is 0 Å². The van der Waals surface area contributed by atoms with Crippen LogP contribution in [-0.2, 0) is 24.3 Å². The van der Waals surface area contributed by atoms with Crippen molar-refractivity contribution < 1.29 is 18.7 Å².